The van der Waals surface area contributed by atoms with Gasteiger partial charge < -0.3 is 4.57 Å². The Kier molecular flexibility index (Phi) is 6.88. The second kappa shape index (κ2) is 11.7. The number of aromatic nitrogens is 1. The fraction of sp³-hybridized carbons (Fsp3) is 0. The Balaban J connectivity index is 1.20. The highest BCUT2D eigenvalue weighted by molar-refractivity contribution is 7.17. The largest absolute Gasteiger partial charge is 0.309 e. The first-order valence-corrected chi connectivity index (χ1v) is 17.1. The number of rotatable bonds is 5. The molecule has 2 heterocycles. The Bertz CT molecular complexity index is 2680. The lowest BCUT2D eigenvalue weighted by atomic mass is 9.97. The number of para-hydroxylation sites is 1. The van der Waals surface area contributed by atoms with Crippen LogP contribution in [0, 0.1) is 0 Å². The number of hydrogen-bond acceptors (Lipinski definition) is 1. The molecule has 9 aromatic rings. The molecule has 2 aromatic heterocycles. The summed E-state index contributed by atoms with van der Waals surface area (Å²) in [5, 5.41) is 4.79. The second-order valence-corrected chi connectivity index (χ2v) is 13.3. The van der Waals surface area contributed by atoms with E-state index in [1.54, 1.807) is 0 Å². The normalized spacial score (nSPS) is 11.4. The van der Waals surface area contributed by atoms with Gasteiger partial charge in [0.15, 0.2) is 0 Å². The molecule has 0 amide bonds. The standard InChI is InChI=1S/C46H31NS/c1-31-40-29-37(25-27-44(40)48-46(31)45(33-16-7-3-8-17-33)34-18-9-4-10-19-34)35-20-13-21-38(28-35)47-42-23-12-11-22-39(42)41-30-36(24-26-43(41)47)32-14-5-2-6-15-32/h2-30H,1H2. The first-order chi connectivity index (χ1) is 23.7. The molecule has 0 aliphatic heterocycles. The third-order valence-corrected chi connectivity index (χ3v) is 10.6. The second-order valence-electron chi connectivity index (χ2n) is 12.2. The van der Waals surface area contributed by atoms with Crippen LogP contribution < -0.4 is 9.75 Å². The van der Waals surface area contributed by atoms with E-state index in [1.165, 1.54) is 75.4 Å². The van der Waals surface area contributed by atoms with E-state index in [1.807, 2.05) is 11.3 Å². The molecule has 0 radical (unpaired) electrons. The SMILES string of the molecule is C=c1c(=C(c2ccccc2)c2ccccc2)sc2ccc(-c3cccc(-n4c5ccccc5c5cc(-c6ccccc6)ccc54)c3)cc12. The average Bonchev–Trinajstić information content (AvgIpc) is 3.66. The monoisotopic (exact) mass is 629 g/mol. The minimum atomic E-state index is 1.08. The van der Waals surface area contributed by atoms with E-state index >= 15 is 0 Å². The molecule has 0 unspecified atom stereocenters. The molecule has 0 aliphatic carbocycles. The third-order valence-electron chi connectivity index (χ3n) is 9.36. The minimum Gasteiger partial charge on any atom is -0.309 e. The van der Waals surface area contributed by atoms with Crippen molar-refractivity contribution in [3.05, 3.63) is 197 Å². The lowest BCUT2D eigenvalue weighted by molar-refractivity contribution is 1.18. The molecule has 0 saturated heterocycles. The summed E-state index contributed by atoms with van der Waals surface area (Å²) in [7, 11) is 0. The number of hydrogen-bond donors (Lipinski definition) is 0. The predicted octanol–water partition coefficient (Wildman–Crippen LogP) is 11.0. The van der Waals surface area contributed by atoms with Crippen LogP contribution in [0.4, 0.5) is 0 Å². The van der Waals surface area contributed by atoms with Crippen LogP contribution in [0.5, 0.6) is 0 Å². The van der Waals surface area contributed by atoms with Gasteiger partial charge in [0.05, 0.1) is 11.0 Å². The number of fused-ring (bicyclic) bond motifs is 4. The van der Waals surface area contributed by atoms with Crippen LogP contribution in [0.3, 0.4) is 0 Å². The van der Waals surface area contributed by atoms with Crippen molar-refractivity contribution in [2.45, 2.75) is 0 Å². The molecule has 0 N–H and O–H groups in total. The highest BCUT2D eigenvalue weighted by Gasteiger charge is 2.15. The fourth-order valence-corrected chi connectivity index (χ4v) is 8.27. The summed E-state index contributed by atoms with van der Waals surface area (Å²) in [6, 6.07) is 63.3. The van der Waals surface area contributed by atoms with Gasteiger partial charge in [-0.05, 0) is 81.1 Å². The summed E-state index contributed by atoms with van der Waals surface area (Å²) in [5.41, 5.74) is 12.0. The van der Waals surface area contributed by atoms with Gasteiger partial charge in [0.1, 0.15) is 0 Å². The van der Waals surface area contributed by atoms with Gasteiger partial charge in [0, 0.05) is 36.7 Å². The van der Waals surface area contributed by atoms with Gasteiger partial charge in [0.25, 0.3) is 0 Å². The van der Waals surface area contributed by atoms with Gasteiger partial charge >= 0.3 is 0 Å². The molecule has 226 valence electrons. The van der Waals surface area contributed by atoms with Crippen molar-refractivity contribution in [1.82, 2.24) is 4.57 Å². The molecule has 2 heteroatoms. The molecule has 0 atom stereocenters. The highest BCUT2D eigenvalue weighted by Crippen LogP contribution is 2.36. The smallest absolute Gasteiger partial charge is 0.0541 e. The molecule has 0 fully saturated rings. The van der Waals surface area contributed by atoms with Gasteiger partial charge in [-0.1, -0.05) is 140 Å². The van der Waals surface area contributed by atoms with Crippen molar-refractivity contribution in [3.63, 3.8) is 0 Å². The van der Waals surface area contributed by atoms with Crippen molar-refractivity contribution in [3.8, 4) is 27.9 Å². The van der Waals surface area contributed by atoms with Crippen LogP contribution in [0.15, 0.2) is 176 Å². The van der Waals surface area contributed by atoms with E-state index in [0.717, 1.165) is 10.9 Å². The number of thiophene rings is 1. The lowest BCUT2D eigenvalue weighted by Crippen LogP contribution is -2.21. The Hall–Kier alpha value is -5.96. The topological polar surface area (TPSA) is 4.93 Å². The lowest BCUT2D eigenvalue weighted by Gasteiger charge is -2.11. The Morgan fingerprint density at radius 2 is 1.00 bits per heavy atom. The molecule has 0 saturated carbocycles. The quantitative estimate of drug-likeness (QED) is 0.179. The van der Waals surface area contributed by atoms with Crippen LogP contribution in [0.25, 0.3) is 72.0 Å². The van der Waals surface area contributed by atoms with Crippen LogP contribution in [0.2, 0.25) is 0 Å². The van der Waals surface area contributed by atoms with E-state index in [0.29, 0.717) is 0 Å². The van der Waals surface area contributed by atoms with E-state index in [9.17, 15) is 0 Å². The maximum atomic E-state index is 4.66. The zero-order valence-electron chi connectivity index (χ0n) is 26.3. The molecule has 1 nitrogen and oxygen atoms in total. The zero-order chi connectivity index (χ0) is 32.0. The zero-order valence-corrected chi connectivity index (χ0v) is 27.1. The van der Waals surface area contributed by atoms with Crippen molar-refractivity contribution < 1.29 is 0 Å². The minimum absolute atomic E-state index is 1.08. The summed E-state index contributed by atoms with van der Waals surface area (Å²) in [4.78, 5) is 0. The van der Waals surface area contributed by atoms with Gasteiger partial charge in [0.2, 0.25) is 0 Å². The molecule has 0 spiro atoms. The van der Waals surface area contributed by atoms with Crippen molar-refractivity contribution in [2.75, 3.05) is 0 Å². The predicted molar refractivity (Wildman–Crippen MR) is 206 cm³/mol. The molecular formula is C46H31NS. The molecule has 48 heavy (non-hydrogen) atoms. The van der Waals surface area contributed by atoms with E-state index in [2.05, 4.69) is 187 Å². The van der Waals surface area contributed by atoms with Crippen molar-refractivity contribution in [1.29, 1.82) is 0 Å². The van der Waals surface area contributed by atoms with Gasteiger partial charge in [-0.2, -0.15) is 0 Å². The van der Waals surface area contributed by atoms with E-state index in [4.69, 9.17) is 0 Å². The number of nitrogens with zero attached hydrogens (tertiary/aromatic N) is 1. The fourth-order valence-electron chi connectivity index (χ4n) is 7.05. The highest BCUT2D eigenvalue weighted by atomic mass is 32.1. The summed E-state index contributed by atoms with van der Waals surface area (Å²) < 4.78 is 4.86. The molecule has 9 rings (SSSR count). The Morgan fingerprint density at radius 3 is 1.75 bits per heavy atom. The van der Waals surface area contributed by atoms with Crippen LogP contribution in [-0.2, 0) is 0 Å². The first kappa shape index (κ1) is 28.3. The van der Waals surface area contributed by atoms with Crippen molar-refractivity contribution >= 4 is 55.4 Å². The summed E-state index contributed by atoms with van der Waals surface area (Å²) >= 11 is 1.83. The third kappa shape index (κ3) is 4.78. The van der Waals surface area contributed by atoms with Crippen molar-refractivity contribution in [2.24, 2.45) is 0 Å². The van der Waals surface area contributed by atoms with E-state index in [-0.39, 0.29) is 0 Å². The summed E-state index contributed by atoms with van der Waals surface area (Å²) in [6.45, 7) is 4.66. The summed E-state index contributed by atoms with van der Waals surface area (Å²) in [6.07, 6.45) is 0. The van der Waals surface area contributed by atoms with Gasteiger partial charge in [-0.15, -0.1) is 11.3 Å². The average molecular weight is 630 g/mol. The van der Waals surface area contributed by atoms with Crippen LogP contribution >= 0.6 is 11.3 Å². The van der Waals surface area contributed by atoms with Crippen LogP contribution in [0.1, 0.15) is 11.1 Å². The summed E-state index contributed by atoms with van der Waals surface area (Å²) in [5.74, 6) is 0. The molecule has 7 aromatic carbocycles. The molecule has 0 bridgehead atoms. The van der Waals surface area contributed by atoms with Crippen LogP contribution in [-0.4, -0.2) is 4.57 Å². The Labute approximate surface area is 283 Å². The van der Waals surface area contributed by atoms with E-state index < -0.39 is 0 Å². The maximum Gasteiger partial charge on any atom is 0.0541 e. The molecular weight excluding hydrogens is 599 g/mol. The molecule has 0 aliphatic rings. The van der Waals surface area contributed by atoms with Gasteiger partial charge in [-0.25, -0.2) is 0 Å². The Morgan fingerprint density at radius 1 is 0.438 bits per heavy atom. The maximum absolute atomic E-state index is 4.66. The van der Waals surface area contributed by atoms with Gasteiger partial charge in [-0.3, -0.25) is 0 Å². The number of benzene rings is 7. The first-order valence-electron chi connectivity index (χ1n) is 16.3.